The molecule has 1 saturated heterocycles. The largest absolute Gasteiger partial charge is 0.573 e. The minimum absolute atomic E-state index is 0.126. The molecule has 3 amide bonds. The molecule has 0 bridgehead atoms. The Bertz CT molecular complexity index is 1780. The van der Waals surface area contributed by atoms with E-state index in [1.807, 2.05) is 56.3 Å². The number of carbonyl (C=O) groups excluding carboxylic acids is 2. The average Bonchev–Trinajstić information content (AvgIpc) is 3.62. The minimum Gasteiger partial charge on any atom is -0.406 e. The van der Waals surface area contributed by atoms with Crippen molar-refractivity contribution in [3.63, 3.8) is 0 Å². The number of nitrogens with zero attached hydrogens (tertiary/aromatic N) is 5. The molecular formula is C32H29F3N6O3S. The zero-order valence-electron chi connectivity index (χ0n) is 24.8. The second-order valence-electron chi connectivity index (χ2n) is 10.5. The monoisotopic (exact) mass is 634 g/mol. The Balaban J connectivity index is 1.25. The number of hydrogen-bond donors (Lipinski definition) is 1. The lowest BCUT2D eigenvalue weighted by Gasteiger charge is -2.22. The number of nitrogens with one attached hydrogen (secondary N) is 1. The molecule has 0 atom stereocenters. The van der Waals surface area contributed by atoms with E-state index >= 15 is 0 Å². The number of ether oxygens (including phenoxy) is 1. The van der Waals surface area contributed by atoms with Gasteiger partial charge in [-0.05, 0) is 72.4 Å². The molecule has 1 aliphatic heterocycles. The third kappa shape index (κ3) is 7.60. The summed E-state index contributed by atoms with van der Waals surface area (Å²) in [6, 6.07) is 18.0. The predicted octanol–water partition coefficient (Wildman–Crippen LogP) is 7.47. The Labute approximate surface area is 261 Å². The second kappa shape index (κ2) is 13.0. The second-order valence-corrected chi connectivity index (χ2v) is 11.5. The number of anilines is 1. The smallest absolute Gasteiger partial charge is 0.406 e. The molecule has 1 aliphatic rings. The quantitative estimate of drug-likeness (QED) is 0.226. The third-order valence-electron chi connectivity index (χ3n) is 6.85. The standard InChI is InChI=1S/C32H29F3N6O3S/c1-19(2)26-14-5-20(3)15-27(26)41-28(42)17-45-31(41)38-30(43)36-16-21(4)22-6-8-23(9-7-22)29-37-18-40(39-29)24-10-12-25(13-11-24)44-32(33,34)35/h5-16,18-19H,17H2,1-4H3,(H,36,43)/b21-16+,38-31-. The van der Waals surface area contributed by atoms with Crippen molar-refractivity contribution in [1.29, 1.82) is 0 Å². The maximum Gasteiger partial charge on any atom is 0.573 e. The number of allylic oxidation sites excluding steroid dienone is 1. The van der Waals surface area contributed by atoms with E-state index in [1.54, 1.807) is 6.20 Å². The fraction of sp³-hybridized carbons (Fsp3) is 0.219. The van der Waals surface area contributed by atoms with Crippen molar-refractivity contribution in [3.05, 3.63) is 95.9 Å². The Hall–Kier alpha value is -4.91. The number of aryl methyl sites for hydroxylation is 1. The van der Waals surface area contributed by atoms with Crippen LogP contribution in [-0.2, 0) is 4.79 Å². The number of benzene rings is 3. The van der Waals surface area contributed by atoms with E-state index in [9.17, 15) is 22.8 Å². The molecule has 0 aliphatic carbocycles. The highest BCUT2D eigenvalue weighted by Crippen LogP contribution is 2.34. The zero-order chi connectivity index (χ0) is 32.3. The number of carbonyl (C=O) groups is 2. The molecule has 45 heavy (non-hydrogen) atoms. The number of amides is 3. The summed E-state index contributed by atoms with van der Waals surface area (Å²) in [5, 5.41) is 7.44. The molecule has 1 fully saturated rings. The summed E-state index contributed by atoms with van der Waals surface area (Å²) in [6.07, 6.45) is -1.75. The molecule has 3 aromatic carbocycles. The Morgan fingerprint density at radius 3 is 2.47 bits per heavy atom. The van der Waals surface area contributed by atoms with E-state index in [2.05, 4.69) is 39.0 Å². The van der Waals surface area contributed by atoms with Gasteiger partial charge in [-0.3, -0.25) is 9.69 Å². The number of alkyl halides is 3. The summed E-state index contributed by atoms with van der Waals surface area (Å²) in [5.41, 5.74) is 5.58. The molecule has 0 saturated carbocycles. The van der Waals surface area contributed by atoms with Crippen molar-refractivity contribution >= 4 is 40.1 Å². The average molecular weight is 635 g/mol. The fourth-order valence-electron chi connectivity index (χ4n) is 4.59. The molecule has 232 valence electrons. The van der Waals surface area contributed by atoms with Crippen LogP contribution in [0, 0.1) is 6.92 Å². The van der Waals surface area contributed by atoms with Gasteiger partial charge in [0.2, 0.25) is 5.91 Å². The van der Waals surface area contributed by atoms with Gasteiger partial charge in [0.15, 0.2) is 11.0 Å². The fourth-order valence-corrected chi connectivity index (χ4v) is 5.45. The van der Waals surface area contributed by atoms with E-state index in [0.29, 0.717) is 16.7 Å². The summed E-state index contributed by atoms with van der Waals surface area (Å²) in [4.78, 5) is 35.6. The highest BCUT2D eigenvalue weighted by molar-refractivity contribution is 8.15. The van der Waals surface area contributed by atoms with Crippen molar-refractivity contribution in [2.75, 3.05) is 10.7 Å². The number of aromatic nitrogens is 3. The van der Waals surface area contributed by atoms with Gasteiger partial charge in [0.05, 0.1) is 17.1 Å². The van der Waals surface area contributed by atoms with Crippen molar-refractivity contribution in [1.82, 2.24) is 20.1 Å². The Morgan fingerprint density at radius 2 is 1.80 bits per heavy atom. The molecule has 0 spiro atoms. The first-order valence-corrected chi connectivity index (χ1v) is 14.9. The number of aliphatic imine (C=N–C) groups is 1. The van der Waals surface area contributed by atoms with Gasteiger partial charge in [0, 0.05) is 11.8 Å². The van der Waals surface area contributed by atoms with Crippen molar-refractivity contribution in [2.24, 2.45) is 4.99 Å². The van der Waals surface area contributed by atoms with Gasteiger partial charge >= 0.3 is 12.4 Å². The molecule has 1 aromatic heterocycles. The lowest BCUT2D eigenvalue weighted by Crippen LogP contribution is -2.31. The Morgan fingerprint density at radius 1 is 1.09 bits per heavy atom. The van der Waals surface area contributed by atoms with E-state index in [4.69, 9.17) is 0 Å². The van der Waals surface area contributed by atoms with Crippen LogP contribution in [0.4, 0.5) is 23.7 Å². The summed E-state index contributed by atoms with van der Waals surface area (Å²) in [5.74, 6) is 0.352. The maximum absolute atomic E-state index is 12.8. The van der Waals surface area contributed by atoms with Crippen LogP contribution in [0.5, 0.6) is 5.75 Å². The van der Waals surface area contributed by atoms with Gasteiger partial charge < -0.3 is 10.1 Å². The van der Waals surface area contributed by atoms with Crippen molar-refractivity contribution < 1.29 is 27.5 Å². The molecule has 13 heteroatoms. The molecular weight excluding hydrogens is 605 g/mol. The van der Waals surface area contributed by atoms with E-state index in [1.165, 1.54) is 51.9 Å². The highest BCUT2D eigenvalue weighted by Gasteiger charge is 2.33. The molecule has 5 rings (SSSR count). The molecule has 4 aromatic rings. The number of rotatable bonds is 7. The maximum atomic E-state index is 12.8. The number of thioether (sulfide) groups is 1. The van der Waals surface area contributed by atoms with Crippen molar-refractivity contribution in [3.8, 4) is 22.8 Å². The van der Waals surface area contributed by atoms with Crippen LogP contribution >= 0.6 is 11.8 Å². The van der Waals surface area contributed by atoms with Gasteiger partial charge in [0.1, 0.15) is 12.1 Å². The van der Waals surface area contributed by atoms with Crippen LogP contribution in [0.15, 0.2) is 84.2 Å². The van der Waals surface area contributed by atoms with E-state index in [0.717, 1.165) is 33.5 Å². The molecule has 0 unspecified atom stereocenters. The summed E-state index contributed by atoms with van der Waals surface area (Å²) < 4.78 is 42.6. The number of halogens is 3. The van der Waals surface area contributed by atoms with Crippen LogP contribution in [0.25, 0.3) is 22.6 Å². The lowest BCUT2D eigenvalue weighted by atomic mass is 9.99. The lowest BCUT2D eigenvalue weighted by molar-refractivity contribution is -0.274. The van der Waals surface area contributed by atoms with E-state index < -0.39 is 12.4 Å². The van der Waals surface area contributed by atoms with Crippen LogP contribution < -0.4 is 15.0 Å². The van der Waals surface area contributed by atoms with Gasteiger partial charge in [-0.1, -0.05) is 62.0 Å². The molecule has 0 radical (unpaired) electrons. The third-order valence-corrected chi connectivity index (χ3v) is 7.77. The summed E-state index contributed by atoms with van der Waals surface area (Å²) in [6.45, 7) is 7.90. The van der Waals surface area contributed by atoms with Gasteiger partial charge in [-0.2, -0.15) is 4.99 Å². The predicted molar refractivity (Wildman–Crippen MR) is 168 cm³/mol. The normalized spacial score (nSPS) is 14.8. The Kier molecular flexibility index (Phi) is 9.09. The molecule has 1 N–H and O–H groups in total. The van der Waals surface area contributed by atoms with Crippen LogP contribution in [0.2, 0.25) is 0 Å². The number of urea groups is 1. The summed E-state index contributed by atoms with van der Waals surface area (Å²) >= 11 is 1.23. The SMILES string of the molecule is C/C(=C\NC(=O)/N=C1\SCC(=O)N1c1cc(C)ccc1C(C)C)c1ccc(-c2ncn(-c3ccc(OC(F)(F)F)cc3)n2)cc1. The van der Waals surface area contributed by atoms with Crippen LogP contribution in [0.3, 0.4) is 0 Å². The highest BCUT2D eigenvalue weighted by atomic mass is 32.2. The van der Waals surface area contributed by atoms with Gasteiger partial charge in [-0.15, -0.1) is 18.3 Å². The topological polar surface area (TPSA) is 102 Å². The van der Waals surface area contributed by atoms with Gasteiger partial charge in [-0.25, -0.2) is 14.5 Å². The first kappa shape index (κ1) is 31.5. The van der Waals surface area contributed by atoms with Crippen molar-refractivity contribution in [2.45, 2.75) is 40.0 Å². The first-order valence-electron chi connectivity index (χ1n) is 13.9. The first-order chi connectivity index (χ1) is 21.4. The van der Waals surface area contributed by atoms with Crippen LogP contribution in [0.1, 0.15) is 43.4 Å². The molecule has 9 nitrogen and oxygen atoms in total. The minimum atomic E-state index is -4.76. The number of amidine groups is 1. The molecule has 2 heterocycles. The zero-order valence-corrected chi connectivity index (χ0v) is 25.6. The number of hydrogen-bond acceptors (Lipinski definition) is 6. The van der Waals surface area contributed by atoms with E-state index in [-0.39, 0.29) is 23.3 Å². The van der Waals surface area contributed by atoms with Gasteiger partial charge in [0.25, 0.3) is 0 Å². The summed E-state index contributed by atoms with van der Waals surface area (Å²) in [7, 11) is 0. The van der Waals surface area contributed by atoms with Crippen LogP contribution in [-0.4, -0.2) is 44.0 Å².